The van der Waals surface area contributed by atoms with Gasteiger partial charge in [-0.25, -0.2) is 0 Å². The predicted octanol–water partition coefficient (Wildman–Crippen LogP) is 4.14. The van der Waals surface area contributed by atoms with Crippen LogP contribution in [0.2, 0.25) is 0 Å². The number of aliphatic hydroxyl groups excluding tert-OH is 1. The van der Waals surface area contributed by atoms with Crippen LogP contribution >= 0.6 is 36.6 Å². The molecule has 1 aliphatic rings. The predicted molar refractivity (Wildman–Crippen MR) is 149 cm³/mol. The zero-order valence-electron chi connectivity index (χ0n) is 19.5. The van der Waals surface area contributed by atoms with Crippen molar-refractivity contribution in [2.45, 2.75) is 35.9 Å². The van der Waals surface area contributed by atoms with Crippen molar-refractivity contribution < 1.29 is 20.1 Å². The van der Waals surface area contributed by atoms with Crippen LogP contribution in [0.4, 0.5) is 5.69 Å². The molecule has 0 saturated heterocycles. The highest BCUT2D eigenvalue weighted by molar-refractivity contribution is 8.01. The van der Waals surface area contributed by atoms with Crippen LogP contribution in [-0.4, -0.2) is 40.1 Å². The second-order valence-corrected chi connectivity index (χ2v) is 9.41. The Kier molecular flexibility index (Phi) is 11.8. The number of carbonyl (C=O) groups is 1. The van der Waals surface area contributed by atoms with Crippen molar-refractivity contribution in [3.63, 3.8) is 0 Å². The summed E-state index contributed by atoms with van der Waals surface area (Å²) in [5.41, 5.74) is 4.63. The van der Waals surface area contributed by atoms with Crippen LogP contribution in [0.15, 0.2) is 65.6 Å². The molecule has 0 amide bonds. The topological polar surface area (TPSA) is 114 Å². The van der Waals surface area contributed by atoms with Gasteiger partial charge in [0.05, 0.1) is 11.8 Å². The molecule has 194 valence electrons. The fourth-order valence-electron chi connectivity index (χ4n) is 3.97. The molecule has 10 heteroatoms. The molecule has 3 aromatic carbocycles. The van der Waals surface area contributed by atoms with Gasteiger partial charge in [0.2, 0.25) is 0 Å². The third-order valence-corrected chi connectivity index (χ3v) is 6.83. The summed E-state index contributed by atoms with van der Waals surface area (Å²) in [5, 5.41) is 39.5. The highest BCUT2D eigenvalue weighted by Crippen LogP contribution is 2.46. The summed E-state index contributed by atoms with van der Waals surface area (Å²) >= 11 is 1.30. The van der Waals surface area contributed by atoms with Gasteiger partial charge in [-0.3, -0.25) is 0 Å². The summed E-state index contributed by atoms with van der Waals surface area (Å²) in [4.78, 5) is 11.8. The Labute approximate surface area is 227 Å². The minimum Gasteiger partial charge on any atom is -0.508 e. The van der Waals surface area contributed by atoms with E-state index in [1.807, 2.05) is 18.2 Å². The van der Waals surface area contributed by atoms with Gasteiger partial charge in [-0.05, 0) is 53.4 Å². The largest absolute Gasteiger partial charge is 0.508 e. The fraction of sp³-hybridized carbons (Fsp3) is 0.269. The maximum Gasteiger partial charge on any atom is 0.152 e. The number of anilines is 1. The molecule has 4 rings (SSSR count). The molecule has 1 heterocycles. The van der Waals surface area contributed by atoms with Gasteiger partial charge < -0.3 is 36.1 Å². The van der Waals surface area contributed by atoms with Crippen molar-refractivity contribution in [3.05, 3.63) is 82.9 Å². The van der Waals surface area contributed by atoms with E-state index in [-0.39, 0.29) is 36.3 Å². The first-order valence-corrected chi connectivity index (χ1v) is 12.1. The van der Waals surface area contributed by atoms with Gasteiger partial charge >= 0.3 is 0 Å². The summed E-state index contributed by atoms with van der Waals surface area (Å²) in [6.45, 7) is 2.49. The molecule has 0 bridgehead atoms. The Morgan fingerprint density at radius 3 is 2.36 bits per heavy atom. The van der Waals surface area contributed by atoms with E-state index in [2.05, 4.69) is 34.1 Å². The summed E-state index contributed by atoms with van der Waals surface area (Å²) in [6, 6.07) is 18.9. The number of phenolic OH excluding ortho intramolecular Hbond substituents is 2. The average molecular weight is 553 g/mol. The summed E-state index contributed by atoms with van der Waals surface area (Å²) in [7, 11) is 0. The fourth-order valence-corrected chi connectivity index (χ4v) is 5.08. The van der Waals surface area contributed by atoms with Gasteiger partial charge in [0, 0.05) is 24.5 Å². The van der Waals surface area contributed by atoms with Gasteiger partial charge in [0.1, 0.15) is 16.9 Å². The van der Waals surface area contributed by atoms with E-state index in [0.717, 1.165) is 29.7 Å². The van der Waals surface area contributed by atoms with Crippen LogP contribution in [0.25, 0.3) is 0 Å². The number of hydrogen-bond acceptors (Lipinski definition) is 8. The van der Waals surface area contributed by atoms with Crippen molar-refractivity contribution in [2.75, 3.05) is 18.4 Å². The van der Waals surface area contributed by atoms with Gasteiger partial charge in [0.25, 0.3) is 0 Å². The van der Waals surface area contributed by atoms with Crippen LogP contribution in [-0.2, 0) is 24.3 Å². The lowest BCUT2D eigenvalue weighted by atomic mass is 10.1. The third-order valence-electron chi connectivity index (χ3n) is 5.67. The monoisotopic (exact) mass is 551 g/mol. The molecular weight excluding hydrogens is 521 g/mol. The number of aromatic hydroxyl groups is 2. The Balaban J connectivity index is 0.00000228. The summed E-state index contributed by atoms with van der Waals surface area (Å²) in [6.07, 6.45) is 0.862. The molecule has 0 radical (unpaired) electrons. The van der Waals surface area contributed by atoms with Crippen LogP contribution < -0.4 is 16.0 Å². The summed E-state index contributed by atoms with van der Waals surface area (Å²) in [5.74, 6) is 0.348. The lowest BCUT2D eigenvalue weighted by Gasteiger charge is -2.16. The Hall–Kier alpha value is -2.46. The van der Waals surface area contributed by atoms with E-state index < -0.39 is 11.5 Å². The molecule has 0 aliphatic carbocycles. The third kappa shape index (κ3) is 7.77. The number of benzene rings is 3. The van der Waals surface area contributed by atoms with E-state index >= 15 is 0 Å². The number of aldehydes is 1. The molecule has 0 aromatic heterocycles. The maximum absolute atomic E-state index is 11.1. The van der Waals surface area contributed by atoms with E-state index in [1.54, 1.807) is 18.2 Å². The van der Waals surface area contributed by atoms with Crippen LogP contribution in [0, 0.1) is 0 Å². The van der Waals surface area contributed by atoms with Crippen molar-refractivity contribution in [2.24, 2.45) is 0 Å². The minimum atomic E-state index is -0.748. The van der Waals surface area contributed by atoms with E-state index in [0.29, 0.717) is 30.9 Å². The molecule has 3 aromatic rings. The van der Waals surface area contributed by atoms with Crippen LogP contribution in [0.3, 0.4) is 0 Å². The lowest BCUT2D eigenvalue weighted by Crippen LogP contribution is -2.24. The molecule has 0 fully saturated rings. The lowest BCUT2D eigenvalue weighted by molar-refractivity contribution is -0.107. The van der Waals surface area contributed by atoms with Gasteiger partial charge in [-0.2, -0.15) is 0 Å². The molecule has 1 aliphatic heterocycles. The standard InChI is InChI=1S/C26H29N3O4S.2ClH/c30-16-24-29-25-22(32)8-7-21(26(25)34-24)23(33)15-27-10-9-17-3-1-4-18(11-17)13-28-14-19-5-2-6-20(31)12-19;;/h1-8,11-12,16,23-24,27-29,31-33H,9-10,13-15H2;2*1H. The molecule has 2 unspecified atom stereocenters. The molecule has 0 spiro atoms. The summed E-state index contributed by atoms with van der Waals surface area (Å²) < 4.78 is 0. The normalized spacial score (nSPS) is 14.6. The smallest absolute Gasteiger partial charge is 0.152 e. The second kappa shape index (κ2) is 14.3. The molecule has 2 atom stereocenters. The maximum atomic E-state index is 11.1. The van der Waals surface area contributed by atoms with Gasteiger partial charge in [-0.15, -0.1) is 24.8 Å². The number of carbonyl (C=O) groups excluding carboxylic acids is 1. The number of fused-ring (bicyclic) bond motifs is 1. The van der Waals surface area contributed by atoms with Gasteiger partial charge in [0.15, 0.2) is 6.29 Å². The molecule has 6 N–H and O–H groups in total. The average Bonchev–Trinajstić information content (AvgIpc) is 3.28. The molecule has 7 nitrogen and oxygen atoms in total. The number of hydrogen-bond donors (Lipinski definition) is 6. The van der Waals surface area contributed by atoms with E-state index in [9.17, 15) is 20.1 Å². The molecule has 0 saturated carbocycles. The first-order valence-electron chi connectivity index (χ1n) is 11.2. The minimum absolute atomic E-state index is 0. The van der Waals surface area contributed by atoms with Crippen molar-refractivity contribution in [3.8, 4) is 11.5 Å². The first-order chi connectivity index (χ1) is 16.5. The highest BCUT2D eigenvalue weighted by atomic mass is 35.5. The Morgan fingerprint density at radius 1 is 0.944 bits per heavy atom. The first kappa shape index (κ1) is 29.8. The van der Waals surface area contributed by atoms with Crippen LogP contribution in [0.5, 0.6) is 11.5 Å². The van der Waals surface area contributed by atoms with E-state index in [1.165, 1.54) is 29.0 Å². The molecular formula is C26H31Cl2N3O4S. The van der Waals surface area contributed by atoms with Gasteiger partial charge in [-0.1, -0.05) is 54.2 Å². The van der Waals surface area contributed by atoms with Crippen molar-refractivity contribution in [1.29, 1.82) is 0 Å². The number of rotatable bonds is 11. The SMILES string of the molecule is Cl.Cl.O=CC1Nc2c(O)ccc(C(O)CNCCc3cccc(CNCc4cccc(O)c4)c3)c2S1. The zero-order valence-corrected chi connectivity index (χ0v) is 22.0. The van der Waals surface area contributed by atoms with Crippen LogP contribution in [0.1, 0.15) is 28.4 Å². The van der Waals surface area contributed by atoms with Crippen molar-refractivity contribution >= 4 is 48.5 Å². The Morgan fingerprint density at radius 2 is 1.64 bits per heavy atom. The number of aliphatic hydroxyl groups is 1. The van der Waals surface area contributed by atoms with Crippen molar-refractivity contribution in [1.82, 2.24) is 10.6 Å². The zero-order chi connectivity index (χ0) is 23.9. The Bertz CT molecular complexity index is 1150. The second-order valence-electron chi connectivity index (χ2n) is 8.26. The quantitative estimate of drug-likeness (QED) is 0.120. The highest BCUT2D eigenvalue weighted by Gasteiger charge is 2.28. The number of thioether (sulfide) groups is 1. The number of halogens is 2. The number of phenols is 2. The number of nitrogens with one attached hydrogen (secondary N) is 3. The van der Waals surface area contributed by atoms with E-state index in [4.69, 9.17) is 0 Å². The molecule has 36 heavy (non-hydrogen) atoms.